The summed E-state index contributed by atoms with van der Waals surface area (Å²) < 4.78 is 11.5. The van der Waals surface area contributed by atoms with Crippen LogP contribution in [0.1, 0.15) is 25.3 Å². The predicted molar refractivity (Wildman–Crippen MR) is 109 cm³/mol. The zero-order chi connectivity index (χ0) is 19.8. The van der Waals surface area contributed by atoms with Crippen molar-refractivity contribution in [2.24, 2.45) is 0 Å². The molecule has 1 N–H and O–H groups in total. The quantitative estimate of drug-likeness (QED) is 0.685. The molecule has 28 heavy (non-hydrogen) atoms. The number of nitrogens with one attached hydrogen (secondary N) is 1. The van der Waals surface area contributed by atoms with Gasteiger partial charge in [-0.2, -0.15) is 0 Å². The molecule has 3 rings (SSSR count). The SMILES string of the molecule is C[C@@H]1CN(CCC(=O)NCCCOc2cccnc2)Cc2cc(Cl)ccc2O1. The van der Waals surface area contributed by atoms with Crippen molar-refractivity contribution < 1.29 is 14.3 Å². The van der Waals surface area contributed by atoms with Crippen LogP contribution in [-0.2, 0) is 11.3 Å². The van der Waals surface area contributed by atoms with Crippen LogP contribution < -0.4 is 14.8 Å². The number of hydrogen-bond donors (Lipinski definition) is 1. The summed E-state index contributed by atoms with van der Waals surface area (Å²) >= 11 is 6.11. The molecule has 7 heteroatoms. The fourth-order valence-electron chi connectivity index (χ4n) is 3.15. The maximum atomic E-state index is 12.1. The van der Waals surface area contributed by atoms with Crippen LogP contribution in [0.25, 0.3) is 0 Å². The Labute approximate surface area is 170 Å². The van der Waals surface area contributed by atoms with E-state index in [4.69, 9.17) is 21.1 Å². The number of amides is 1. The molecule has 1 aliphatic heterocycles. The summed E-state index contributed by atoms with van der Waals surface area (Å²) in [5.41, 5.74) is 1.06. The number of nitrogens with zero attached hydrogens (tertiary/aromatic N) is 2. The number of pyridine rings is 1. The Hall–Kier alpha value is -2.31. The number of benzene rings is 1. The summed E-state index contributed by atoms with van der Waals surface area (Å²) in [6.45, 7) is 5.36. The molecule has 1 aromatic heterocycles. The Balaban J connectivity index is 1.37. The van der Waals surface area contributed by atoms with E-state index in [0.29, 0.717) is 31.1 Å². The van der Waals surface area contributed by atoms with Gasteiger partial charge in [0.1, 0.15) is 17.6 Å². The van der Waals surface area contributed by atoms with Crippen LogP contribution in [0.5, 0.6) is 11.5 Å². The predicted octanol–water partition coefficient (Wildman–Crippen LogP) is 3.29. The molecule has 0 fully saturated rings. The van der Waals surface area contributed by atoms with E-state index in [1.807, 2.05) is 37.3 Å². The van der Waals surface area contributed by atoms with Crippen molar-refractivity contribution in [2.75, 3.05) is 26.2 Å². The van der Waals surface area contributed by atoms with Gasteiger partial charge in [0.15, 0.2) is 0 Å². The van der Waals surface area contributed by atoms with Gasteiger partial charge in [0.25, 0.3) is 0 Å². The van der Waals surface area contributed by atoms with Crippen molar-refractivity contribution in [3.05, 3.63) is 53.3 Å². The summed E-state index contributed by atoms with van der Waals surface area (Å²) in [6.07, 6.45) is 4.65. The van der Waals surface area contributed by atoms with Crippen molar-refractivity contribution in [1.82, 2.24) is 15.2 Å². The maximum absolute atomic E-state index is 12.1. The van der Waals surface area contributed by atoms with Crippen molar-refractivity contribution in [3.63, 3.8) is 0 Å². The van der Waals surface area contributed by atoms with Gasteiger partial charge in [-0.15, -0.1) is 0 Å². The smallest absolute Gasteiger partial charge is 0.221 e. The molecule has 150 valence electrons. The second kappa shape index (κ2) is 10.3. The fourth-order valence-corrected chi connectivity index (χ4v) is 3.35. The molecular weight excluding hydrogens is 378 g/mol. The van der Waals surface area contributed by atoms with Crippen molar-refractivity contribution in [2.45, 2.75) is 32.4 Å². The van der Waals surface area contributed by atoms with E-state index in [9.17, 15) is 4.79 Å². The highest BCUT2D eigenvalue weighted by Gasteiger charge is 2.20. The van der Waals surface area contributed by atoms with Crippen LogP contribution in [0.3, 0.4) is 0 Å². The molecule has 1 atom stereocenters. The summed E-state index contributed by atoms with van der Waals surface area (Å²) in [6, 6.07) is 9.39. The van der Waals surface area contributed by atoms with Crippen LogP contribution in [-0.4, -0.2) is 48.1 Å². The normalized spacial score (nSPS) is 16.6. The minimum Gasteiger partial charge on any atom is -0.492 e. The van der Waals surface area contributed by atoms with E-state index >= 15 is 0 Å². The van der Waals surface area contributed by atoms with Crippen molar-refractivity contribution in [3.8, 4) is 11.5 Å². The van der Waals surface area contributed by atoms with E-state index in [1.54, 1.807) is 12.4 Å². The van der Waals surface area contributed by atoms with Crippen LogP contribution in [0, 0.1) is 0 Å². The standard InChI is InChI=1S/C21H26ClN3O3/c1-16-14-25(15-17-12-18(22)5-6-20(17)28-16)10-7-21(26)24-9-3-11-27-19-4-2-8-23-13-19/h2,4-6,8,12-13,16H,3,7,9-11,14-15H2,1H3,(H,24,26)/t16-/m1/s1. The second-order valence-corrected chi connectivity index (χ2v) is 7.34. The van der Waals surface area contributed by atoms with Gasteiger partial charge in [-0.1, -0.05) is 11.6 Å². The monoisotopic (exact) mass is 403 g/mol. The molecule has 1 amide bonds. The molecule has 0 spiro atoms. The second-order valence-electron chi connectivity index (χ2n) is 6.91. The minimum atomic E-state index is 0.0468. The highest BCUT2D eigenvalue weighted by Crippen LogP contribution is 2.28. The van der Waals surface area contributed by atoms with Gasteiger partial charge >= 0.3 is 0 Å². The Kier molecular flexibility index (Phi) is 7.51. The average Bonchev–Trinajstić information content (AvgIpc) is 2.84. The third kappa shape index (κ3) is 6.39. The lowest BCUT2D eigenvalue weighted by Crippen LogP contribution is -2.35. The molecule has 0 saturated carbocycles. The number of ether oxygens (including phenoxy) is 2. The fraction of sp³-hybridized carbons (Fsp3) is 0.429. The van der Waals surface area contributed by atoms with Gasteiger partial charge in [0.2, 0.25) is 5.91 Å². The van der Waals surface area contributed by atoms with Crippen LogP contribution >= 0.6 is 11.6 Å². The lowest BCUT2D eigenvalue weighted by atomic mass is 10.2. The first kappa shape index (κ1) is 20.4. The molecule has 0 unspecified atom stereocenters. The van der Waals surface area contributed by atoms with Crippen LogP contribution in [0.2, 0.25) is 5.02 Å². The van der Waals surface area contributed by atoms with Gasteiger partial charge in [-0.25, -0.2) is 0 Å². The molecule has 0 bridgehead atoms. The van der Waals surface area contributed by atoms with E-state index < -0.39 is 0 Å². The number of fused-ring (bicyclic) bond motifs is 1. The molecule has 2 aromatic rings. The minimum absolute atomic E-state index is 0.0468. The number of aromatic nitrogens is 1. The number of hydrogen-bond acceptors (Lipinski definition) is 5. The molecule has 0 radical (unpaired) electrons. The van der Waals surface area contributed by atoms with Gasteiger partial charge in [0, 0.05) is 49.4 Å². The molecular formula is C21H26ClN3O3. The third-order valence-electron chi connectivity index (χ3n) is 4.46. The summed E-state index contributed by atoms with van der Waals surface area (Å²) in [5.74, 6) is 1.66. The Morgan fingerprint density at radius 2 is 2.32 bits per heavy atom. The van der Waals surface area contributed by atoms with Crippen molar-refractivity contribution >= 4 is 17.5 Å². The Morgan fingerprint density at radius 1 is 1.43 bits per heavy atom. The first-order valence-corrected chi connectivity index (χ1v) is 9.95. The molecule has 0 saturated heterocycles. The summed E-state index contributed by atoms with van der Waals surface area (Å²) in [7, 11) is 0. The number of halogens is 1. The van der Waals surface area contributed by atoms with E-state index in [0.717, 1.165) is 36.6 Å². The first-order chi connectivity index (χ1) is 13.6. The zero-order valence-electron chi connectivity index (χ0n) is 16.1. The molecule has 1 aromatic carbocycles. The number of carbonyl (C=O) groups is 1. The summed E-state index contributed by atoms with van der Waals surface area (Å²) in [4.78, 5) is 18.4. The maximum Gasteiger partial charge on any atom is 0.221 e. The van der Waals surface area contributed by atoms with Gasteiger partial charge < -0.3 is 14.8 Å². The average molecular weight is 404 g/mol. The van der Waals surface area contributed by atoms with Gasteiger partial charge in [-0.05, 0) is 43.7 Å². The van der Waals surface area contributed by atoms with Gasteiger partial charge in [0.05, 0.1) is 12.8 Å². The Morgan fingerprint density at radius 3 is 3.14 bits per heavy atom. The van der Waals surface area contributed by atoms with Crippen LogP contribution in [0.15, 0.2) is 42.7 Å². The molecule has 0 aliphatic carbocycles. The lowest BCUT2D eigenvalue weighted by molar-refractivity contribution is -0.121. The Bertz CT molecular complexity index is 773. The highest BCUT2D eigenvalue weighted by molar-refractivity contribution is 6.30. The molecule has 6 nitrogen and oxygen atoms in total. The zero-order valence-corrected chi connectivity index (χ0v) is 16.8. The largest absolute Gasteiger partial charge is 0.492 e. The molecule has 1 aliphatic rings. The lowest BCUT2D eigenvalue weighted by Gasteiger charge is -2.21. The van der Waals surface area contributed by atoms with E-state index in [-0.39, 0.29) is 12.0 Å². The topological polar surface area (TPSA) is 63.7 Å². The highest BCUT2D eigenvalue weighted by atomic mass is 35.5. The van der Waals surface area contributed by atoms with Crippen molar-refractivity contribution in [1.29, 1.82) is 0 Å². The first-order valence-electron chi connectivity index (χ1n) is 9.57. The van der Waals surface area contributed by atoms with E-state index in [2.05, 4.69) is 15.2 Å². The van der Waals surface area contributed by atoms with Gasteiger partial charge in [-0.3, -0.25) is 14.7 Å². The van der Waals surface area contributed by atoms with E-state index in [1.165, 1.54) is 0 Å². The molecule has 2 heterocycles. The summed E-state index contributed by atoms with van der Waals surface area (Å²) in [5, 5.41) is 3.65. The van der Waals surface area contributed by atoms with Crippen LogP contribution in [0.4, 0.5) is 0 Å². The number of carbonyl (C=O) groups excluding carboxylic acids is 1. The number of rotatable bonds is 8. The third-order valence-corrected chi connectivity index (χ3v) is 4.70.